The Hall–Kier alpha value is -2.76. The molecule has 26 heavy (non-hydrogen) atoms. The Bertz CT molecular complexity index is 846. The molecule has 0 bridgehead atoms. The van der Waals surface area contributed by atoms with E-state index in [0.29, 0.717) is 25.7 Å². The molecule has 0 spiro atoms. The minimum absolute atomic E-state index is 0.0217. The Kier molecular flexibility index (Phi) is 2.92. The fraction of sp³-hybridized carbons (Fsp3) is 0.400. The van der Waals surface area contributed by atoms with Gasteiger partial charge in [0, 0.05) is 34.1 Å². The average Bonchev–Trinajstić information content (AvgIpc) is 3.52. The van der Waals surface area contributed by atoms with Crippen LogP contribution in [0.3, 0.4) is 0 Å². The Morgan fingerprint density at radius 3 is 1.08 bits per heavy atom. The van der Waals surface area contributed by atoms with Crippen LogP contribution in [0.2, 0.25) is 0 Å². The largest absolute Gasteiger partial charge is 0.298 e. The molecule has 6 nitrogen and oxygen atoms in total. The van der Waals surface area contributed by atoms with Crippen LogP contribution >= 0.6 is 0 Å². The topological polar surface area (TPSA) is 102 Å². The van der Waals surface area contributed by atoms with Gasteiger partial charge >= 0.3 is 0 Å². The third-order valence-corrected chi connectivity index (χ3v) is 5.80. The first-order chi connectivity index (χ1) is 12.4. The molecule has 0 unspecified atom stereocenters. The van der Waals surface area contributed by atoms with Crippen molar-refractivity contribution in [3.63, 3.8) is 0 Å². The van der Waals surface area contributed by atoms with Crippen molar-refractivity contribution in [2.75, 3.05) is 0 Å². The summed E-state index contributed by atoms with van der Waals surface area (Å²) < 4.78 is 0. The van der Waals surface area contributed by atoms with Gasteiger partial charge < -0.3 is 0 Å². The summed E-state index contributed by atoms with van der Waals surface area (Å²) in [5.74, 6) is -6.27. The lowest BCUT2D eigenvalue weighted by Crippen LogP contribution is -2.27. The summed E-state index contributed by atoms with van der Waals surface area (Å²) in [4.78, 5) is 75.0. The maximum absolute atomic E-state index is 12.6. The van der Waals surface area contributed by atoms with Gasteiger partial charge in [-0.25, -0.2) is 0 Å². The molecular weight excluding hydrogens is 336 g/mol. The normalized spacial score (nSPS) is 22.8. The van der Waals surface area contributed by atoms with E-state index in [1.54, 1.807) is 0 Å². The zero-order valence-corrected chi connectivity index (χ0v) is 13.7. The predicted molar refractivity (Wildman–Crippen MR) is 86.2 cm³/mol. The summed E-state index contributed by atoms with van der Waals surface area (Å²) in [7, 11) is 0. The molecule has 130 valence electrons. The van der Waals surface area contributed by atoms with E-state index in [9.17, 15) is 28.8 Å². The monoisotopic (exact) mass is 350 g/mol. The highest BCUT2D eigenvalue weighted by Crippen LogP contribution is 2.41. The third kappa shape index (κ3) is 1.92. The van der Waals surface area contributed by atoms with Crippen LogP contribution in [0.1, 0.15) is 67.1 Å². The van der Waals surface area contributed by atoms with Crippen LogP contribution in [0.4, 0.5) is 0 Å². The fourth-order valence-electron chi connectivity index (χ4n) is 4.00. The van der Waals surface area contributed by atoms with Crippen molar-refractivity contribution >= 4 is 34.7 Å². The summed E-state index contributed by atoms with van der Waals surface area (Å²) in [6, 6.07) is 2.48. The first-order valence-corrected chi connectivity index (χ1v) is 8.82. The van der Waals surface area contributed by atoms with Gasteiger partial charge in [0.2, 0.25) is 0 Å². The van der Waals surface area contributed by atoms with E-state index >= 15 is 0 Å². The molecule has 4 aliphatic rings. The van der Waals surface area contributed by atoms with Gasteiger partial charge in [-0.2, -0.15) is 0 Å². The van der Waals surface area contributed by atoms with Gasteiger partial charge in [-0.15, -0.1) is 0 Å². The van der Waals surface area contributed by atoms with Crippen LogP contribution in [0.5, 0.6) is 0 Å². The number of carbonyl (C=O) groups excluding carboxylic acids is 6. The summed E-state index contributed by atoms with van der Waals surface area (Å²) in [6.07, 6.45) is 2.74. The minimum atomic E-state index is -1.34. The summed E-state index contributed by atoms with van der Waals surface area (Å²) in [6.45, 7) is 0. The number of Topliss-reactive ketones (excluding diaryl/α,β-unsaturated/α-hetero) is 6. The van der Waals surface area contributed by atoms with Gasteiger partial charge in [0.25, 0.3) is 0 Å². The van der Waals surface area contributed by atoms with Gasteiger partial charge in [0.15, 0.2) is 34.7 Å². The molecule has 5 rings (SSSR count). The number of rotatable bonds is 4. The van der Waals surface area contributed by atoms with E-state index in [0.717, 1.165) is 0 Å². The number of benzene rings is 1. The molecule has 0 amide bonds. The highest BCUT2D eigenvalue weighted by molar-refractivity contribution is 6.40. The molecule has 0 aromatic heterocycles. The van der Waals surface area contributed by atoms with Crippen LogP contribution < -0.4 is 0 Å². The molecule has 0 N–H and O–H groups in total. The van der Waals surface area contributed by atoms with Crippen molar-refractivity contribution in [2.24, 2.45) is 23.7 Å². The Morgan fingerprint density at radius 2 is 0.846 bits per heavy atom. The molecular formula is C20H14O6. The van der Waals surface area contributed by atoms with Gasteiger partial charge in [-0.05, 0) is 37.8 Å². The fourth-order valence-corrected chi connectivity index (χ4v) is 4.00. The second kappa shape index (κ2) is 4.90. The molecule has 2 saturated carbocycles. The lowest BCUT2D eigenvalue weighted by atomic mass is 9.94. The maximum atomic E-state index is 12.6. The Balaban J connectivity index is 1.56. The minimum Gasteiger partial charge on any atom is -0.298 e. The van der Waals surface area contributed by atoms with E-state index < -0.39 is 35.0 Å². The quantitative estimate of drug-likeness (QED) is 0.765. The molecule has 0 saturated heterocycles. The molecule has 2 fully saturated rings. The number of hydrogen-bond donors (Lipinski definition) is 0. The highest BCUT2D eigenvalue weighted by Gasteiger charge is 2.52. The number of fused-ring (bicyclic) bond motifs is 2. The highest BCUT2D eigenvalue weighted by atomic mass is 16.2. The van der Waals surface area contributed by atoms with E-state index in [2.05, 4.69) is 0 Å². The van der Waals surface area contributed by atoms with Crippen molar-refractivity contribution in [1.29, 1.82) is 0 Å². The number of carbonyl (C=O) groups is 6. The van der Waals surface area contributed by atoms with Crippen LogP contribution in [0.15, 0.2) is 12.1 Å². The number of hydrogen-bond acceptors (Lipinski definition) is 6. The maximum Gasteiger partial charge on any atom is 0.181 e. The first-order valence-electron chi connectivity index (χ1n) is 8.82. The van der Waals surface area contributed by atoms with Gasteiger partial charge in [0.05, 0.1) is 0 Å². The summed E-state index contributed by atoms with van der Waals surface area (Å²) in [5, 5.41) is 0. The molecule has 4 aliphatic carbocycles. The van der Waals surface area contributed by atoms with Gasteiger partial charge in [-0.3, -0.25) is 28.8 Å². The zero-order valence-electron chi connectivity index (χ0n) is 13.7. The van der Waals surface area contributed by atoms with E-state index in [1.807, 2.05) is 0 Å². The molecule has 0 radical (unpaired) electrons. The predicted octanol–water partition coefficient (Wildman–Crippen LogP) is 1.64. The SMILES string of the molecule is O=C1c2cc3c(cc2C(=O)C1C(=O)C1CC1)C(=O)C(C(=O)C1CC1)C3=O. The first kappa shape index (κ1) is 15.5. The van der Waals surface area contributed by atoms with Crippen molar-refractivity contribution in [2.45, 2.75) is 25.7 Å². The lowest BCUT2D eigenvalue weighted by molar-refractivity contribution is -0.122. The average molecular weight is 350 g/mol. The molecule has 0 heterocycles. The Morgan fingerprint density at radius 1 is 0.577 bits per heavy atom. The molecule has 0 atom stereocenters. The van der Waals surface area contributed by atoms with Crippen molar-refractivity contribution < 1.29 is 28.8 Å². The second-order valence-corrected chi connectivity index (χ2v) is 7.62. The second-order valence-electron chi connectivity index (χ2n) is 7.62. The van der Waals surface area contributed by atoms with Crippen molar-refractivity contribution in [3.05, 3.63) is 34.4 Å². The van der Waals surface area contributed by atoms with Crippen LogP contribution in [0, 0.1) is 23.7 Å². The van der Waals surface area contributed by atoms with Gasteiger partial charge in [-0.1, -0.05) is 0 Å². The zero-order chi connectivity index (χ0) is 18.3. The summed E-state index contributed by atoms with van der Waals surface area (Å²) in [5.41, 5.74) is 0.0867. The van der Waals surface area contributed by atoms with Crippen LogP contribution in [-0.4, -0.2) is 34.7 Å². The number of ketones is 6. The van der Waals surface area contributed by atoms with Crippen LogP contribution in [-0.2, 0) is 9.59 Å². The van der Waals surface area contributed by atoms with E-state index in [1.165, 1.54) is 12.1 Å². The van der Waals surface area contributed by atoms with Crippen molar-refractivity contribution in [3.8, 4) is 0 Å². The molecule has 0 aliphatic heterocycles. The summed E-state index contributed by atoms with van der Waals surface area (Å²) >= 11 is 0. The molecule has 1 aromatic rings. The Labute approximate surface area is 147 Å². The van der Waals surface area contributed by atoms with E-state index in [-0.39, 0.29) is 45.7 Å². The standard InChI is InChI=1S/C20H14O6/c21-15(7-1-2-7)13-17(23)9-5-11-12(6-10(9)18(13)24)20(26)14(19(11)25)16(22)8-3-4-8/h5-8,13-14H,1-4H2. The molecule has 6 heteroatoms. The smallest absolute Gasteiger partial charge is 0.181 e. The molecule has 1 aromatic carbocycles. The van der Waals surface area contributed by atoms with Crippen molar-refractivity contribution in [1.82, 2.24) is 0 Å². The lowest BCUT2D eigenvalue weighted by Gasteiger charge is -2.04. The third-order valence-electron chi connectivity index (χ3n) is 5.80. The van der Waals surface area contributed by atoms with E-state index in [4.69, 9.17) is 0 Å². The van der Waals surface area contributed by atoms with Crippen LogP contribution in [0.25, 0.3) is 0 Å². The van der Waals surface area contributed by atoms with Gasteiger partial charge in [0.1, 0.15) is 11.8 Å².